The first-order chi connectivity index (χ1) is 7.50. The Hall–Kier alpha value is -0.670. The van der Waals surface area contributed by atoms with Gasteiger partial charge in [0.2, 0.25) is 5.69 Å². The molecule has 3 heteroatoms. The van der Waals surface area contributed by atoms with Crippen LogP contribution in [-0.2, 0) is 5.41 Å². The predicted molar refractivity (Wildman–Crippen MR) is 69.7 cm³/mol. The monoisotopic (exact) mass is 282 g/mol. The van der Waals surface area contributed by atoms with Crippen LogP contribution in [0.5, 0.6) is 0 Å². The fraction of sp³-hybridized carbons (Fsp3) is 0.462. The normalized spacial score (nSPS) is 17.8. The Morgan fingerprint density at radius 2 is 2.06 bits per heavy atom. The Balaban J connectivity index is 2.67. The summed E-state index contributed by atoms with van der Waals surface area (Å²) in [5.74, 6) is 0. The summed E-state index contributed by atoms with van der Waals surface area (Å²) in [5.41, 5.74) is 3.86. The molecular formula is C13H17BrNO+. The number of rotatable bonds is 2. The maximum atomic E-state index is 9.14. The van der Waals surface area contributed by atoms with Crippen LogP contribution in [0.4, 0.5) is 5.69 Å². The number of halogens is 1. The molecule has 1 aromatic rings. The van der Waals surface area contributed by atoms with Gasteiger partial charge in [0.25, 0.3) is 0 Å². The third kappa shape index (κ3) is 1.54. The van der Waals surface area contributed by atoms with E-state index in [9.17, 15) is 0 Å². The molecule has 2 nitrogen and oxygen atoms in total. The van der Waals surface area contributed by atoms with Crippen molar-refractivity contribution >= 4 is 27.3 Å². The molecule has 0 saturated heterocycles. The quantitative estimate of drug-likeness (QED) is 0.829. The molecule has 0 amide bonds. The van der Waals surface area contributed by atoms with Crippen molar-refractivity contribution in [2.24, 2.45) is 0 Å². The second-order valence-corrected chi connectivity index (χ2v) is 5.57. The zero-order valence-corrected chi connectivity index (χ0v) is 11.5. The first-order valence-electron chi connectivity index (χ1n) is 5.51. The summed E-state index contributed by atoms with van der Waals surface area (Å²) in [5, 5.41) is 9.14. The van der Waals surface area contributed by atoms with Gasteiger partial charge in [-0.3, -0.25) is 0 Å². The minimum Gasteiger partial charge on any atom is -0.390 e. The third-order valence-corrected chi connectivity index (χ3v) is 4.20. The van der Waals surface area contributed by atoms with Gasteiger partial charge in [-0.2, -0.15) is 4.58 Å². The number of hydrogen-bond donors (Lipinski definition) is 1. The minimum atomic E-state index is 0.0323. The fourth-order valence-corrected chi connectivity index (χ4v) is 3.29. The molecule has 0 spiro atoms. The van der Waals surface area contributed by atoms with E-state index in [4.69, 9.17) is 5.11 Å². The molecular weight excluding hydrogens is 266 g/mol. The van der Waals surface area contributed by atoms with Crippen LogP contribution in [0.3, 0.4) is 0 Å². The second kappa shape index (κ2) is 3.97. The van der Waals surface area contributed by atoms with Crippen LogP contribution in [0, 0.1) is 0 Å². The van der Waals surface area contributed by atoms with Crippen molar-refractivity contribution < 1.29 is 9.68 Å². The zero-order valence-electron chi connectivity index (χ0n) is 9.92. The summed E-state index contributed by atoms with van der Waals surface area (Å²) in [7, 11) is 0. The van der Waals surface area contributed by atoms with Crippen LogP contribution < -0.4 is 0 Å². The van der Waals surface area contributed by atoms with Gasteiger partial charge in [-0.05, 0) is 19.9 Å². The highest BCUT2D eigenvalue weighted by Gasteiger charge is 2.43. The molecule has 16 heavy (non-hydrogen) atoms. The summed E-state index contributed by atoms with van der Waals surface area (Å²) in [6.45, 7) is 7.44. The van der Waals surface area contributed by atoms with Crippen molar-refractivity contribution in [3.63, 3.8) is 0 Å². The predicted octanol–water partition coefficient (Wildman–Crippen LogP) is 2.84. The third-order valence-electron chi connectivity index (χ3n) is 3.54. The van der Waals surface area contributed by atoms with Crippen molar-refractivity contribution in [2.45, 2.75) is 26.2 Å². The van der Waals surface area contributed by atoms with E-state index in [-0.39, 0.29) is 12.0 Å². The molecule has 0 unspecified atom stereocenters. The topological polar surface area (TPSA) is 23.2 Å². The Kier molecular flexibility index (Phi) is 2.93. The van der Waals surface area contributed by atoms with E-state index in [0.717, 1.165) is 4.47 Å². The van der Waals surface area contributed by atoms with E-state index in [1.165, 1.54) is 17.0 Å². The van der Waals surface area contributed by atoms with E-state index in [2.05, 4.69) is 53.4 Å². The summed E-state index contributed by atoms with van der Waals surface area (Å²) < 4.78 is 3.36. The van der Waals surface area contributed by atoms with E-state index < -0.39 is 0 Å². The van der Waals surface area contributed by atoms with Gasteiger partial charge in [0.1, 0.15) is 6.61 Å². The molecule has 1 N–H and O–H groups in total. The average molecular weight is 283 g/mol. The van der Waals surface area contributed by atoms with Crippen molar-refractivity contribution in [3.8, 4) is 0 Å². The zero-order chi connectivity index (χ0) is 11.9. The second-order valence-electron chi connectivity index (χ2n) is 4.72. The van der Waals surface area contributed by atoms with Gasteiger partial charge in [-0.15, -0.1) is 0 Å². The van der Waals surface area contributed by atoms with Gasteiger partial charge in [0, 0.05) is 17.5 Å². The van der Waals surface area contributed by atoms with E-state index >= 15 is 0 Å². The summed E-state index contributed by atoms with van der Waals surface area (Å²) in [6.07, 6.45) is 0. The van der Waals surface area contributed by atoms with Crippen molar-refractivity contribution in [1.82, 2.24) is 0 Å². The van der Waals surface area contributed by atoms with Gasteiger partial charge in [0.15, 0.2) is 12.3 Å². The molecule has 0 aromatic heterocycles. The smallest absolute Gasteiger partial charge is 0.210 e. The highest BCUT2D eigenvalue weighted by molar-refractivity contribution is 9.10. The van der Waals surface area contributed by atoms with E-state index in [0.29, 0.717) is 6.54 Å². The number of hydrogen-bond acceptors (Lipinski definition) is 1. The number of fused-ring (bicyclic) bond motifs is 1. The summed E-state index contributed by atoms with van der Waals surface area (Å²) >= 11 is 3.63. The Morgan fingerprint density at radius 1 is 1.38 bits per heavy atom. The Bertz CT molecular complexity index is 463. The highest BCUT2D eigenvalue weighted by Crippen LogP contribution is 2.43. The molecule has 1 aliphatic heterocycles. The number of β-amino-alcohol motifs (C(OH)–C–C–N with tert-alkyl or cyclic N) is 1. The highest BCUT2D eigenvalue weighted by atomic mass is 79.9. The molecule has 0 fully saturated rings. The first kappa shape index (κ1) is 11.8. The standard InChI is InChI=1S/C13H17BrNO/c1-9-13(2,3)12-10(14)5-4-6-11(12)15(9)7-8-16/h4-6,16H,7-8H2,1-3H3/q+1. The number of aliphatic hydroxyl groups excluding tert-OH is 1. The van der Waals surface area contributed by atoms with Crippen LogP contribution in [0.25, 0.3) is 0 Å². The maximum absolute atomic E-state index is 9.14. The van der Waals surface area contributed by atoms with Gasteiger partial charge in [0.05, 0.1) is 11.0 Å². The molecule has 1 heterocycles. The lowest BCUT2D eigenvalue weighted by Crippen LogP contribution is -2.27. The Morgan fingerprint density at radius 3 is 2.69 bits per heavy atom. The molecule has 2 rings (SSSR count). The SMILES string of the molecule is CC1=[N+](CCO)c2cccc(Br)c2C1(C)C. The first-order valence-corrected chi connectivity index (χ1v) is 6.31. The molecule has 0 atom stereocenters. The van der Waals surface area contributed by atoms with Crippen LogP contribution in [0.1, 0.15) is 26.3 Å². The number of aliphatic hydroxyl groups is 1. The van der Waals surface area contributed by atoms with Crippen molar-refractivity contribution in [1.29, 1.82) is 0 Å². The van der Waals surface area contributed by atoms with Crippen LogP contribution >= 0.6 is 15.9 Å². The molecule has 1 aliphatic rings. The molecule has 86 valence electrons. The van der Waals surface area contributed by atoms with E-state index in [1.54, 1.807) is 0 Å². The molecule has 0 bridgehead atoms. The van der Waals surface area contributed by atoms with Crippen molar-refractivity contribution in [3.05, 3.63) is 28.2 Å². The largest absolute Gasteiger partial charge is 0.390 e. The van der Waals surface area contributed by atoms with Gasteiger partial charge in [-0.1, -0.05) is 22.0 Å². The van der Waals surface area contributed by atoms with Crippen LogP contribution in [0.15, 0.2) is 22.7 Å². The lowest BCUT2D eigenvalue weighted by molar-refractivity contribution is -0.442. The van der Waals surface area contributed by atoms with E-state index in [1.807, 2.05) is 6.07 Å². The lowest BCUT2D eigenvalue weighted by atomic mass is 9.82. The molecule has 0 aliphatic carbocycles. The van der Waals surface area contributed by atoms with Gasteiger partial charge >= 0.3 is 0 Å². The fourth-order valence-electron chi connectivity index (χ4n) is 2.44. The molecule has 0 radical (unpaired) electrons. The maximum Gasteiger partial charge on any atom is 0.210 e. The van der Waals surface area contributed by atoms with Gasteiger partial charge < -0.3 is 5.11 Å². The molecule has 0 saturated carbocycles. The van der Waals surface area contributed by atoms with Crippen LogP contribution in [-0.4, -0.2) is 28.5 Å². The molecule has 1 aromatic carbocycles. The average Bonchev–Trinajstić information content (AvgIpc) is 2.41. The number of benzene rings is 1. The minimum absolute atomic E-state index is 0.0323. The van der Waals surface area contributed by atoms with Crippen LogP contribution in [0.2, 0.25) is 0 Å². The Labute approximate surface area is 105 Å². The summed E-state index contributed by atoms with van der Waals surface area (Å²) in [6, 6.07) is 6.24. The van der Waals surface area contributed by atoms with Gasteiger partial charge in [-0.25, -0.2) is 0 Å². The number of nitrogens with zero attached hydrogens (tertiary/aromatic N) is 1. The summed E-state index contributed by atoms with van der Waals surface area (Å²) in [4.78, 5) is 0. The lowest BCUT2D eigenvalue weighted by Gasteiger charge is -2.16. The van der Waals surface area contributed by atoms with Crippen molar-refractivity contribution in [2.75, 3.05) is 13.2 Å².